The first-order chi connectivity index (χ1) is 9.47. The van der Waals surface area contributed by atoms with E-state index in [9.17, 15) is 4.79 Å². The largest absolute Gasteiger partial charge is 0.399 e. The maximum absolute atomic E-state index is 12.1. The fourth-order valence-corrected chi connectivity index (χ4v) is 2.01. The topological polar surface area (TPSA) is 58.4 Å². The van der Waals surface area contributed by atoms with Crippen LogP contribution in [0.25, 0.3) is 0 Å². The summed E-state index contributed by atoms with van der Waals surface area (Å²) in [6.07, 6.45) is 0. The van der Waals surface area contributed by atoms with Gasteiger partial charge < -0.3 is 16.0 Å². The molecule has 0 spiro atoms. The Balaban J connectivity index is 2.19. The van der Waals surface area contributed by atoms with Crippen LogP contribution in [-0.4, -0.2) is 20.0 Å². The first-order valence-corrected chi connectivity index (χ1v) is 6.42. The lowest BCUT2D eigenvalue weighted by Crippen LogP contribution is -2.14. The quantitative estimate of drug-likeness (QED) is 0.842. The first-order valence-electron chi connectivity index (χ1n) is 6.42. The number of aryl methyl sites for hydroxylation is 1. The van der Waals surface area contributed by atoms with Gasteiger partial charge in [0.1, 0.15) is 0 Å². The molecule has 0 saturated heterocycles. The van der Waals surface area contributed by atoms with E-state index in [0.717, 1.165) is 11.4 Å². The third-order valence-electron chi connectivity index (χ3n) is 3.12. The molecule has 1 amide bonds. The van der Waals surface area contributed by atoms with Crippen molar-refractivity contribution in [3.05, 3.63) is 53.6 Å². The van der Waals surface area contributed by atoms with Crippen LogP contribution >= 0.6 is 0 Å². The van der Waals surface area contributed by atoms with E-state index >= 15 is 0 Å². The third-order valence-corrected chi connectivity index (χ3v) is 3.12. The molecule has 0 bridgehead atoms. The zero-order valence-corrected chi connectivity index (χ0v) is 12.0. The lowest BCUT2D eigenvalue weighted by Gasteiger charge is -2.17. The number of hydrogen-bond donors (Lipinski definition) is 2. The summed E-state index contributed by atoms with van der Waals surface area (Å²) in [5.74, 6) is -0.140. The number of rotatable bonds is 3. The van der Waals surface area contributed by atoms with Crippen LogP contribution < -0.4 is 16.0 Å². The molecule has 2 aromatic rings. The van der Waals surface area contributed by atoms with E-state index in [0.29, 0.717) is 11.3 Å². The summed E-state index contributed by atoms with van der Waals surface area (Å²) >= 11 is 0. The molecule has 0 aliphatic rings. The van der Waals surface area contributed by atoms with E-state index in [4.69, 9.17) is 5.73 Å². The second-order valence-electron chi connectivity index (χ2n) is 4.97. The molecule has 0 saturated carbocycles. The Bertz CT molecular complexity index is 618. The van der Waals surface area contributed by atoms with Gasteiger partial charge in [-0.2, -0.15) is 0 Å². The van der Waals surface area contributed by atoms with Gasteiger partial charge in [-0.3, -0.25) is 4.79 Å². The minimum Gasteiger partial charge on any atom is -0.399 e. The third kappa shape index (κ3) is 3.09. The summed E-state index contributed by atoms with van der Waals surface area (Å²) in [6.45, 7) is 2.04. The Kier molecular flexibility index (Phi) is 3.94. The smallest absolute Gasteiger partial charge is 0.255 e. The van der Waals surface area contributed by atoms with Crippen LogP contribution in [0.3, 0.4) is 0 Å². The van der Waals surface area contributed by atoms with Crippen molar-refractivity contribution in [1.82, 2.24) is 0 Å². The second kappa shape index (κ2) is 5.65. The highest BCUT2D eigenvalue weighted by Gasteiger charge is 2.08. The Morgan fingerprint density at radius 1 is 1.10 bits per heavy atom. The fourth-order valence-electron chi connectivity index (χ4n) is 2.01. The maximum atomic E-state index is 12.1. The molecule has 0 aliphatic heterocycles. The fraction of sp³-hybridized carbons (Fsp3) is 0.188. The Hall–Kier alpha value is -2.49. The Labute approximate surface area is 119 Å². The summed E-state index contributed by atoms with van der Waals surface area (Å²) in [5, 5.41) is 2.89. The van der Waals surface area contributed by atoms with Crippen LogP contribution in [0.5, 0.6) is 0 Å². The van der Waals surface area contributed by atoms with Crippen LogP contribution in [0.15, 0.2) is 42.5 Å². The molecule has 0 unspecified atom stereocenters. The number of carbonyl (C=O) groups is 1. The first kappa shape index (κ1) is 13.9. The number of nitrogens with zero attached hydrogens (tertiary/aromatic N) is 1. The van der Waals surface area contributed by atoms with E-state index in [1.54, 1.807) is 24.3 Å². The van der Waals surface area contributed by atoms with Crippen molar-refractivity contribution in [2.24, 2.45) is 0 Å². The number of nitrogens with two attached hydrogens (primary N) is 1. The molecule has 2 aromatic carbocycles. The second-order valence-corrected chi connectivity index (χ2v) is 4.97. The van der Waals surface area contributed by atoms with Crippen molar-refractivity contribution < 1.29 is 4.79 Å². The van der Waals surface area contributed by atoms with Gasteiger partial charge in [0.2, 0.25) is 0 Å². The highest BCUT2D eigenvalue weighted by Crippen LogP contribution is 2.23. The molecule has 3 N–H and O–H groups in total. The number of nitrogen functional groups attached to an aromatic ring is 1. The normalized spacial score (nSPS) is 10.2. The highest BCUT2D eigenvalue weighted by molar-refractivity contribution is 6.04. The molecule has 0 aromatic heterocycles. The van der Waals surface area contributed by atoms with Crippen LogP contribution in [-0.2, 0) is 0 Å². The number of anilines is 3. The Morgan fingerprint density at radius 2 is 1.75 bits per heavy atom. The van der Waals surface area contributed by atoms with Crippen molar-refractivity contribution in [3.63, 3.8) is 0 Å². The van der Waals surface area contributed by atoms with E-state index < -0.39 is 0 Å². The van der Waals surface area contributed by atoms with E-state index in [2.05, 4.69) is 5.32 Å². The summed E-state index contributed by atoms with van der Waals surface area (Å²) in [4.78, 5) is 14.1. The lowest BCUT2D eigenvalue weighted by atomic mass is 10.1. The van der Waals surface area contributed by atoms with Gasteiger partial charge in [0.15, 0.2) is 0 Å². The molecule has 4 heteroatoms. The number of carbonyl (C=O) groups excluding carboxylic acids is 1. The Morgan fingerprint density at radius 3 is 2.35 bits per heavy atom. The molecule has 0 fully saturated rings. The van der Waals surface area contributed by atoms with E-state index in [1.165, 1.54) is 5.56 Å². The maximum Gasteiger partial charge on any atom is 0.255 e. The van der Waals surface area contributed by atoms with Crippen molar-refractivity contribution in [3.8, 4) is 0 Å². The highest BCUT2D eigenvalue weighted by atomic mass is 16.1. The average molecular weight is 269 g/mol. The van der Waals surface area contributed by atoms with Gasteiger partial charge in [0.25, 0.3) is 5.91 Å². The van der Waals surface area contributed by atoms with Gasteiger partial charge in [-0.1, -0.05) is 6.07 Å². The predicted octanol–water partition coefficient (Wildman–Crippen LogP) is 2.90. The number of hydrogen-bond acceptors (Lipinski definition) is 3. The van der Waals surface area contributed by atoms with Gasteiger partial charge in [-0.25, -0.2) is 0 Å². The molecule has 104 valence electrons. The van der Waals surface area contributed by atoms with Crippen LogP contribution in [0.2, 0.25) is 0 Å². The van der Waals surface area contributed by atoms with Crippen LogP contribution in [0, 0.1) is 6.92 Å². The van der Waals surface area contributed by atoms with Gasteiger partial charge in [-0.05, 0) is 48.9 Å². The van der Waals surface area contributed by atoms with Gasteiger partial charge >= 0.3 is 0 Å². The molecular weight excluding hydrogens is 250 g/mol. The molecule has 2 rings (SSSR count). The minimum atomic E-state index is -0.140. The molecular formula is C16H19N3O. The zero-order chi connectivity index (χ0) is 14.7. The molecule has 0 radical (unpaired) electrons. The summed E-state index contributed by atoms with van der Waals surface area (Å²) in [6, 6.07) is 12.7. The summed E-state index contributed by atoms with van der Waals surface area (Å²) in [5.41, 5.74) is 9.88. The van der Waals surface area contributed by atoms with Crippen molar-refractivity contribution in [2.75, 3.05) is 30.0 Å². The van der Waals surface area contributed by atoms with Gasteiger partial charge in [0.05, 0.1) is 0 Å². The zero-order valence-electron chi connectivity index (χ0n) is 12.0. The van der Waals surface area contributed by atoms with Crippen molar-refractivity contribution in [2.45, 2.75) is 6.92 Å². The number of nitrogens with one attached hydrogen (secondary N) is 1. The number of benzene rings is 2. The van der Waals surface area contributed by atoms with Crippen molar-refractivity contribution >= 4 is 23.0 Å². The minimum absolute atomic E-state index is 0.140. The van der Waals surface area contributed by atoms with Gasteiger partial charge in [-0.15, -0.1) is 0 Å². The molecule has 0 heterocycles. The standard InChI is InChI=1S/C16H19N3O/c1-11-4-9-14(10-15(11)19(2)3)18-16(20)12-5-7-13(17)8-6-12/h4-10H,17H2,1-3H3,(H,18,20). The average Bonchev–Trinajstić information content (AvgIpc) is 2.41. The molecule has 4 nitrogen and oxygen atoms in total. The van der Waals surface area contributed by atoms with E-state index in [-0.39, 0.29) is 5.91 Å². The summed E-state index contributed by atoms with van der Waals surface area (Å²) in [7, 11) is 3.96. The molecule has 20 heavy (non-hydrogen) atoms. The molecule has 0 aliphatic carbocycles. The predicted molar refractivity (Wildman–Crippen MR) is 84.3 cm³/mol. The SMILES string of the molecule is Cc1ccc(NC(=O)c2ccc(N)cc2)cc1N(C)C. The van der Waals surface area contributed by atoms with E-state index in [1.807, 2.05) is 44.1 Å². The number of amides is 1. The lowest BCUT2D eigenvalue weighted by molar-refractivity contribution is 0.102. The van der Waals surface area contributed by atoms with Crippen LogP contribution in [0.4, 0.5) is 17.1 Å². The van der Waals surface area contributed by atoms with Gasteiger partial charge in [0, 0.05) is 36.7 Å². The van der Waals surface area contributed by atoms with Crippen LogP contribution in [0.1, 0.15) is 15.9 Å². The van der Waals surface area contributed by atoms with Crippen molar-refractivity contribution in [1.29, 1.82) is 0 Å². The summed E-state index contributed by atoms with van der Waals surface area (Å²) < 4.78 is 0. The molecule has 0 atom stereocenters. The monoisotopic (exact) mass is 269 g/mol.